The number of pyridine rings is 1. The Morgan fingerprint density at radius 1 is 1.45 bits per heavy atom. The molecule has 1 heterocycles. The lowest BCUT2D eigenvalue weighted by Crippen LogP contribution is -2.05. The zero-order valence-electron chi connectivity index (χ0n) is 11.2. The van der Waals surface area contributed by atoms with E-state index in [-0.39, 0.29) is 11.6 Å². The predicted molar refractivity (Wildman–Crippen MR) is 80.6 cm³/mol. The maximum atomic E-state index is 13.8. The lowest BCUT2D eigenvalue weighted by molar-refractivity contribution is 0.621. The Kier molecular flexibility index (Phi) is 4.05. The molecule has 20 heavy (non-hydrogen) atoms. The number of nitrogen functional groups attached to an aromatic ring is 1. The highest BCUT2D eigenvalue weighted by Crippen LogP contribution is 2.33. The van der Waals surface area contributed by atoms with Crippen LogP contribution in [-0.2, 0) is 6.42 Å². The minimum atomic E-state index is -0.374. The van der Waals surface area contributed by atoms with Crippen LogP contribution in [-0.4, -0.2) is 4.98 Å². The number of anilines is 1. The van der Waals surface area contributed by atoms with Crippen molar-refractivity contribution in [1.82, 2.24) is 4.98 Å². The molecule has 1 aromatic heterocycles. The van der Waals surface area contributed by atoms with Crippen LogP contribution >= 0.6 is 15.9 Å². The van der Waals surface area contributed by atoms with E-state index in [4.69, 9.17) is 5.73 Å². The third kappa shape index (κ3) is 2.39. The van der Waals surface area contributed by atoms with Crippen molar-refractivity contribution >= 4 is 21.7 Å². The second kappa shape index (κ2) is 5.59. The van der Waals surface area contributed by atoms with E-state index >= 15 is 0 Å². The average Bonchev–Trinajstić information content (AvgIpc) is 2.41. The topological polar surface area (TPSA) is 62.7 Å². The summed E-state index contributed by atoms with van der Waals surface area (Å²) in [5.74, 6) is -0.193. The molecule has 0 amide bonds. The Bertz CT molecular complexity index is 720. The summed E-state index contributed by atoms with van der Waals surface area (Å²) in [6.07, 6.45) is 0.695. The lowest BCUT2D eigenvalue weighted by Gasteiger charge is -2.15. The van der Waals surface area contributed by atoms with E-state index in [9.17, 15) is 9.65 Å². The summed E-state index contributed by atoms with van der Waals surface area (Å²) < 4.78 is 14.1. The van der Waals surface area contributed by atoms with Gasteiger partial charge in [0.1, 0.15) is 23.3 Å². The fourth-order valence-corrected chi connectivity index (χ4v) is 2.53. The first kappa shape index (κ1) is 14.5. The number of hydrogen-bond donors (Lipinski definition) is 1. The zero-order valence-corrected chi connectivity index (χ0v) is 12.8. The number of benzene rings is 1. The van der Waals surface area contributed by atoms with Gasteiger partial charge in [0, 0.05) is 11.3 Å². The fourth-order valence-electron chi connectivity index (χ4n) is 2.28. The molecule has 0 radical (unpaired) electrons. The van der Waals surface area contributed by atoms with Gasteiger partial charge in [-0.05, 0) is 52.5 Å². The van der Waals surface area contributed by atoms with Crippen LogP contribution < -0.4 is 5.73 Å². The van der Waals surface area contributed by atoms with Crippen molar-refractivity contribution in [3.8, 4) is 17.2 Å². The van der Waals surface area contributed by atoms with Crippen LogP contribution in [0.3, 0.4) is 0 Å². The van der Waals surface area contributed by atoms with Crippen molar-refractivity contribution in [2.45, 2.75) is 20.3 Å². The molecule has 2 N–H and O–H groups in total. The van der Waals surface area contributed by atoms with Gasteiger partial charge >= 0.3 is 0 Å². The smallest absolute Gasteiger partial charge is 0.142 e. The van der Waals surface area contributed by atoms with Gasteiger partial charge in [0.25, 0.3) is 0 Å². The van der Waals surface area contributed by atoms with E-state index in [1.807, 2.05) is 13.8 Å². The molecule has 5 heteroatoms. The van der Waals surface area contributed by atoms with Crippen molar-refractivity contribution in [2.75, 3.05) is 5.73 Å². The van der Waals surface area contributed by atoms with Crippen LogP contribution in [0.15, 0.2) is 22.7 Å². The van der Waals surface area contributed by atoms with E-state index < -0.39 is 0 Å². The maximum Gasteiger partial charge on any atom is 0.142 e. The largest absolute Gasteiger partial charge is 0.383 e. The van der Waals surface area contributed by atoms with E-state index in [0.29, 0.717) is 27.6 Å². The minimum Gasteiger partial charge on any atom is -0.383 e. The van der Waals surface area contributed by atoms with E-state index in [0.717, 1.165) is 11.3 Å². The number of hydrogen-bond acceptors (Lipinski definition) is 3. The summed E-state index contributed by atoms with van der Waals surface area (Å²) in [6.45, 7) is 3.81. The molecule has 0 unspecified atom stereocenters. The van der Waals surface area contributed by atoms with Gasteiger partial charge in [-0.15, -0.1) is 0 Å². The van der Waals surface area contributed by atoms with Crippen molar-refractivity contribution in [3.05, 3.63) is 45.3 Å². The van der Waals surface area contributed by atoms with Crippen LogP contribution in [0.2, 0.25) is 0 Å². The fraction of sp³-hybridized carbons (Fsp3) is 0.200. The SMILES string of the molecule is CCc1c(C)nc(N)c(C#N)c1-c1ccc(Br)c(F)c1. The first-order valence-corrected chi connectivity index (χ1v) is 6.93. The molecule has 0 aliphatic carbocycles. The van der Waals surface area contributed by atoms with Gasteiger partial charge in [-0.3, -0.25) is 0 Å². The van der Waals surface area contributed by atoms with Crippen molar-refractivity contribution in [2.24, 2.45) is 0 Å². The van der Waals surface area contributed by atoms with Crippen LogP contribution in [0.4, 0.5) is 10.2 Å². The zero-order chi connectivity index (χ0) is 14.9. The summed E-state index contributed by atoms with van der Waals surface area (Å²) >= 11 is 3.12. The molecular weight excluding hydrogens is 321 g/mol. The second-order valence-electron chi connectivity index (χ2n) is 4.41. The highest BCUT2D eigenvalue weighted by Gasteiger charge is 2.17. The number of rotatable bonds is 2. The van der Waals surface area contributed by atoms with Gasteiger partial charge in [0.15, 0.2) is 0 Å². The summed E-state index contributed by atoms with van der Waals surface area (Å²) in [5, 5.41) is 9.32. The van der Waals surface area contributed by atoms with Crippen molar-refractivity contribution in [1.29, 1.82) is 5.26 Å². The molecule has 2 rings (SSSR count). The Hall–Kier alpha value is -1.93. The number of nitrogens with zero attached hydrogens (tertiary/aromatic N) is 2. The number of nitrogens with two attached hydrogens (primary N) is 1. The maximum absolute atomic E-state index is 13.8. The second-order valence-corrected chi connectivity index (χ2v) is 5.26. The van der Waals surface area contributed by atoms with Gasteiger partial charge in [0.05, 0.1) is 4.47 Å². The number of aromatic nitrogens is 1. The van der Waals surface area contributed by atoms with Crippen LogP contribution in [0.5, 0.6) is 0 Å². The van der Waals surface area contributed by atoms with E-state index in [1.165, 1.54) is 6.07 Å². The molecule has 0 fully saturated rings. The Labute approximate surface area is 125 Å². The van der Waals surface area contributed by atoms with Crippen LogP contribution in [0.25, 0.3) is 11.1 Å². The van der Waals surface area contributed by atoms with E-state index in [2.05, 4.69) is 27.0 Å². The molecule has 1 aromatic carbocycles. The predicted octanol–water partition coefficient (Wildman–Crippen LogP) is 3.97. The van der Waals surface area contributed by atoms with Gasteiger partial charge in [0.2, 0.25) is 0 Å². The molecule has 0 atom stereocenters. The highest BCUT2D eigenvalue weighted by molar-refractivity contribution is 9.10. The monoisotopic (exact) mass is 333 g/mol. The molecule has 0 saturated carbocycles. The molecule has 3 nitrogen and oxygen atoms in total. The number of nitriles is 1. The van der Waals surface area contributed by atoms with Crippen molar-refractivity contribution < 1.29 is 4.39 Å². The molecule has 0 bridgehead atoms. The average molecular weight is 334 g/mol. The van der Waals surface area contributed by atoms with Gasteiger partial charge < -0.3 is 5.73 Å². The molecule has 0 aliphatic rings. The van der Waals surface area contributed by atoms with E-state index in [1.54, 1.807) is 12.1 Å². The highest BCUT2D eigenvalue weighted by atomic mass is 79.9. The van der Waals surface area contributed by atoms with Crippen LogP contribution in [0, 0.1) is 24.1 Å². The lowest BCUT2D eigenvalue weighted by atomic mass is 9.93. The van der Waals surface area contributed by atoms with Gasteiger partial charge in [-0.2, -0.15) is 5.26 Å². The Morgan fingerprint density at radius 2 is 2.15 bits per heavy atom. The van der Waals surface area contributed by atoms with Crippen molar-refractivity contribution in [3.63, 3.8) is 0 Å². The molecule has 102 valence electrons. The summed E-state index contributed by atoms with van der Waals surface area (Å²) in [7, 11) is 0. The van der Waals surface area contributed by atoms with Gasteiger partial charge in [-0.1, -0.05) is 13.0 Å². The standard InChI is InChI=1S/C15H13BrFN3/c1-3-10-8(2)20-15(19)11(7-18)14(10)9-4-5-12(16)13(17)6-9/h4-6H,3H2,1-2H3,(H2,19,20). The first-order chi connectivity index (χ1) is 9.49. The molecule has 0 saturated heterocycles. The first-order valence-electron chi connectivity index (χ1n) is 6.14. The molecule has 0 aliphatic heterocycles. The number of halogens is 2. The molecular formula is C15H13BrFN3. The number of aryl methyl sites for hydroxylation is 1. The van der Waals surface area contributed by atoms with Crippen LogP contribution in [0.1, 0.15) is 23.7 Å². The summed E-state index contributed by atoms with van der Waals surface area (Å²) in [4.78, 5) is 4.19. The molecule has 2 aromatic rings. The normalized spacial score (nSPS) is 10.3. The summed E-state index contributed by atoms with van der Waals surface area (Å²) in [6, 6.07) is 6.87. The van der Waals surface area contributed by atoms with Gasteiger partial charge in [-0.25, -0.2) is 9.37 Å². The summed E-state index contributed by atoms with van der Waals surface area (Å²) in [5.41, 5.74) is 9.11. The third-order valence-corrected chi connectivity index (χ3v) is 3.85. The molecule has 0 spiro atoms. The quantitative estimate of drug-likeness (QED) is 0.904. The third-order valence-electron chi connectivity index (χ3n) is 3.21. The Morgan fingerprint density at radius 3 is 2.70 bits per heavy atom. The Balaban J connectivity index is 2.84. The minimum absolute atomic E-state index is 0.181.